The van der Waals surface area contributed by atoms with E-state index in [9.17, 15) is 9.59 Å². The first-order valence-electron chi connectivity index (χ1n) is 11.6. The van der Waals surface area contributed by atoms with Crippen LogP contribution >= 0.6 is 23.2 Å². The molecule has 0 saturated carbocycles. The van der Waals surface area contributed by atoms with Gasteiger partial charge < -0.3 is 19.5 Å². The summed E-state index contributed by atoms with van der Waals surface area (Å²) in [6.45, 7) is 0.479. The molecular weight excluding hydrogens is 529 g/mol. The fourth-order valence-electron chi connectivity index (χ4n) is 3.80. The predicted molar refractivity (Wildman–Crippen MR) is 145 cm³/mol. The lowest BCUT2D eigenvalue weighted by Crippen LogP contribution is -2.20. The van der Waals surface area contributed by atoms with Crippen molar-refractivity contribution in [3.63, 3.8) is 0 Å². The second-order valence-corrected chi connectivity index (χ2v) is 9.09. The van der Waals surface area contributed by atoms with Crippen LogP contribution in [-0.2, 0) is 14.3 Å². The smallest absolute Gasteiger partial charge is 0.331 e. The van der Waals surface area contributed by atoms with Crippen molar-refractivity contribution in [2.24, 2.45) is 0 Å². The molecule has 8 nitrogen and oxygen atoms in total. The third kappa shape index (κ3) is 6.16. The largest absolute Gasteiger partial charge is 0.486 e. The molecule has 192 valence electrons. The minimum absolute atomic E-state index is 0.373. The standard InChI is InChI=1S/C28H21Cl2N3O5/c29-20-13-21(30)15-22(14-20)31-26(34)17-38-27(35)9-7-19-16-33(23-4-2-1-3-5-23)32-28(19)18-6-8-24-25(12-18)37-11-10-36-24/h1-9,12-16H,10-11,17H2,(H,31,34)/b9-7+. The third-order valence-electron chi connectivity index (χ3n) is 5.47. The van der Waals surface area contributed by atoms with Crippen LogP contribution in [0.4, 0.5) is 5.69 Å². The molecule has 0 spiro atoms. The Labute approximate surface area is 228 Å². The molecule has 0 fully saturated rings. The second-order valence-electron chi connectivity index (χ2n) is 8.22. The molecule has 5 rings (SSSR count). The maximum absolute atomic E-state index is 12.4. The summed E-state index contributed by atoms with van der Waals surface area (Å²) in [4.78, 5) is 24.6. The summed E-state index contributed by atoms with van der Waals surface area (Å²) in [6, 6.07) is 19.8. The van der Waals surface area contributed by atoms with Crippen molar-refractivity contribution in [1.29, 1.82) is 0 Å². The molecule has 0 radical (unpaired) electrons. The maximum atomic E-state index is 12.4. The molecule has 0 saturated heterocycles. The zero-order valence-corrected chi connectivity index (χ0v) is 21.4. The molecule has 3 aromatic carbocycles. The van der Waals surface area contributed by atoms with Gasteiger partial charge in [0.2, 0.25) is 0 Å². The first-order chi connectivity index (χ1) is 18.4. The number of esters is 1. The van der Waals surface area contributed by atoms with Gasteiger partial charge in [-0.15, -0.1) is 0 Å². The lowest BCUT2D eigenvalue weighted by molar-refractivity contribution is -0.142. The number of hydrogen-bond acceptors (Lipinski definition) is 6. The van der Waals surface area contributed by atoms with Crippen LogP contribution in [0.15, 0.2) is 79.0 Å². The number of rotatable bonds is 7. The molecular formula is C28H21Cl2N3O5. The van der Waals surface area contributed by atoms with Crippen LogP contribution in [-0.4, -0.2) is 41.5 Å². The highest BCUT2D eigenvalue weighted by Crippen LogP contribution is 2.35. The molecule has 0 aliphatic carbocycles. The zero-order chi connectivity index (χ0) is 26.5. The second kappa shape index (κ2) is 11.4. The van der Waals surface area contributed by atoms with Crippen molar-refractivity contribution in [2.45, 2.75) is 0 Å². The summed E-state index contributed by atoms with van der Waals surface area (Å²) in [5.74, 6) is 0.0784. The lowest BCUT2D eigenvalue weighted by Gasteiger charge is -2.18. The van der Waals surface area contributed by atoms with Gasteiger partial charge in [0.25, 0.3) is 5.91 Å². The van der Waals surface area contributed by atoms with Gasteiger partial charge in [0.05, 0.1) is 5.69 Å². The lowest BCUT2D eigenvalue weighted by atomic mass is 10.1. The highest BCUT2D eigenvalue weighted by molar-refractivity contribution is 6.35. The van der Waals surface area contributed by atoms with Crippen LogP contribution < -0.4 is 14.8 Å². The first-order valence-corrected chi connectivity index (χ1v) is 12.4. The molecule has 1 aliphatic heterocycles. The van der Waals surface area contributed by atoms with Crippen LogP contribution in [0.5, 0.6) is 11.5 Å². The topological polar surface area (TPSA) is 91.7 Å². The Balaban J connectivity index is 1.32. The van der Waals surface area contributed by atoms with Crippen LogP contribution in [0.2, 0.25) is 10.0 Å². The van der Waals surface area contributed by atoms with Gasteiger partial charge in [-0.05, 0) is 54.6 Å². The molecule has 0 atom stereocenters. The molecule has 1 amide bonds. The number of anilines is 1. The van der Waals surface area contributed by atoms with E-state index in [0.717, 1.165) is 11.3 Å². The molecule has 1 aromatic heterocycles. The van der Waals surface area contributed by atoms with Gasteiger partial charge in [0, 0.05) is 39.1 Å². The van der Waals surface area contributed by atoms with Crippen molar-refractivity contribution >= 4 is 46.8 Å². The predicted octanol–water partition coefficient (Wildman–Crippen LogP) is 5.81. The minimum Gasteiger partial charge on any atom is -0.486 e. The van der Waals surface area contributed by atoms with Crippen molar-refractivity contribution in [3.05, 3.63) is 94.6 Å². The number of amides is 1. The molecule has 1 aliphatic rings. The number of benzene rings is 3. The summed E-state index contributed by atoms with van der Waals surface area (Å²) in [5.41, 5.74) is 3.34. The number of nitrogens with zero attached hydrogens (tertiary/aromatic N) is 2. The molecule has 2 heterocycles. The SMILES string of the molecule is O=C(COC(=O)/C=C/c1cn(-c2ccccc2)nc1-c1ccc2c(c1)OCCO2)Nc1cc(Cl)cc(Cl)c1. The van der Waals surface area contributed by atoms with Crippen molar-refractivity contribution < 1.29 is 23.8 Å². The summed E-state index contributed by atoms with van der Waals surface area (Å²) in [6.07, 6.45) is 4.65. The summed E-state index contributed by atoms with van der Waals surface area (Å²) in [5, 5.41) is 8.07. The van der Waals surface area contributed by atoms with Gasteiger partial charge in [-0.3, -0.25) is 4.79 Å². The molecule has 0 bridgehead atoms. The Morgan fingerprint density at radius 2 is 1.71 bits per heavy atom. The first kappa shape index (κ1) is 25.4. The van der Waals surface area contributed by atoms with Crippen LogP contribution in [0, 0.1) is 0 Å². The Morgan fingerprint density at radius 1 is 0.974 bits per heavy atom. The van der Waals surface area contributed by atoms with Gasteiger partial charge in [0.1, 0.15) is 18.9 Å². The number of hydrogen-bond donors (Lipinski definition) is 1. The number of ether oxygens (including phenoxy) is 3. The van der Waals surface area contributed by atoms with Gasteiger partial charge in [-0.2, -0.15) is 5.10 Å². The quantitative estimate of drug-likeness (QED) is 0.231. The highest BCUT2D eigenvalue weighted by Gasteiger charge is 2.17. The third-order valence-corrected chi connectivity index (χ3v) is 5.91. The number of nitrogens with one attached hydrogen (secondary N) is 1. The number of fused-ring (bicyclic) bond motifs is 1. The van der Waals surface area contributed by atoms with E-state index >= 15 is 0 Å². The van der Waals surface area contributed by atoms with Crippen molar-refractivity contribution in [3.8, 4) is 28.4 Å². The normalized spacial score (nSPS) is 12.4. The molecule has 10 heteroatoms. The number of halogens is 2. The average molecular weight is 550 g/mol. The van der Waals surface area contributed by atoms with E-state index in [1.165, 1.54) is 18.2 Å². The summed E-state index contributed by atoms with van der Waals surface area (Å²) in [7, 11) is 0. The number of carbonyl (C=O) groups is 2. The molecule has 1 N–H and O–H groups in total. The number of aromatic nitrogens is 2. The van der Waals surface area contributed by atoms with Gasteiger partial charge >= 0.3 is 5.97 Å². The maximum Gasteiger partial charge on any atom is 0.331 e. The number of carbonyl (C=O) groups excluding carboxylic acids is 2. The van der Waals surface area contributed by atoms with Gasteiger partial charge in [0.15, 0.2) is 18.1 Å². The van der Waals surface area contributed by atoms with E-state index in [1.807, 2.05) is 48.5 Å². The van der Waals surface area contributed by atoms with Crippen LogP contribution in [0.25, 0.3) is 23.0 Å². The Morgan fingerprint density at radius 3 is 2.47 bits per heavy atom. The van der Waals surface area contributed by atoms with E-state index < -0.39 is 18.5 Å². The zero-order valence-electron chi connectivity index (χ0n) is 19.9. The molecule has 0 unspecified atom stereocenters. The van der Waals surface area contributed by atoms with E-state index in [2.05, 4.69) is 5.32 Å². The fraction of sp³-hybridized carbons (Fsp3) is 0.107. The molecule has 4 aromatic rings. The Hall–Kier alpha value is -4.27. The summed E-state index contributed by atoms with van der Waals surface area (Å²) >= 11 is 11.9. The van der Waals surface area contributed by atoms with Crippen molar-refractivity contribution in [1.82, 2.24) is 9.78 Å². The van der Waals surface area contributed by atoms with Crippen LogP contribution in [0.1, 0.15) is 5.56 Å². The summed E-state index contributed by atoms with van der Waals surface area (Å²) < 4.78 is 18.2. The highest BCUT2D eigenvalue weighted by atomic mass is 35.5. The fourth-order valence-corrected chi connectivity index (χ4v) is 4.33. The monoisotopic (exact) mass is 549 g/mol. The Kier molecular flexibility index (Phi) is 7.62. The van der Waals surface area contributed by atoms with Gasteiger partial charge in [-0.25, -0.2) is 9.48 Å². The van der Waals surface area contributed by atoms with E-state index in [1.54, 1.807) is 23.0 Å². The van der Waals surface area contributed by atoms with Crippen LogP contribution in [0.3, 0.4) is 0 Å². The van der Waals surface area contributed by atoms with E-state index in [-0.39, 0.29) is 0 Å². The average Bonchev–Trinajstić information content (AvgIpc) is 3.35. The van der Waals surface area contributed by atoms with Crippen molar-refractivity contribution in [2.75, 3.05) is 25.1 Å². The van der Waals surface area contributed by atoms with E-state index in [4.69, 9.17) is 42.5 Å². The minimum atomic E-state index is -0.690. The number of para-hydroxylation sites is 1. The van der Waals surface area contributed by atoms with Gasteiger partial charge in [-0.1, -0.05) is 41.4 Å². The van der Waals surface area contributed by atoms with E-state index in [0.29, 0.717) is 51.7 Å². The Bertz CT molecular complexity index is 1500. The molecule has 38 heavy (non-hydrogen) atoms.